The average Bonchev–Trinajstić information content (AvgIpc) is 1.93. The van der Waals surface area contributed by atoms with E-state index in [4.69, 9.17) is 0 Å². The molecule has 0 aliphatic carbocycles. The van der Waals surface area contributed by atoms with Crippen molar-refractivity contribution in [1.29, 1.82) is 0 Å². The van der Waals surface area contributed by atoms with E-state index in [2.05, 4.69) is 25.8 Å². The molecule has 1 heterocycles. The smallest absolute Gasteiger partial charge is 0.0441 e. The van der Waals surface area contributed by atoms with Crippen molar-refractivity contribution in [1.82, 2.24) is 0 Å². The van der Waals surface area contributed by atoms with Crippen LogP contribution in [0.5, 0.6) is 0 Å². The molecule has 0 atom stereocenters. The van der Waals surface area contributed by atoms with Gasteiger partial charge in [-0.25, -0.2) is 0 Å². The van der Waals surface area contributed by atoms with Crippen LogP contribution >= 0.6 is 0 Å². The molecular weight excluding hydrogens is 158 g/mol. The van der Waals surface area contributed by atoms with Crippen LogP contribution in [0.15, 0.2) is 4.99 Å². The van der Waals surface area contributed by atoms with Crippen LogP contribution in [0.25, 0.3) is 0 Å². The van der Waals surface area contributed by atoms with E-state index < -0.39 is 0 Å². The summed E-state index contributed by atoms with van der Waals surface area (Å²) in [7, 11) is 0. The van der Waals surface area contributed by atoms with Crippen molar-refractivity contribution in [3.05, 3.63) is 0 Å². The summed E-state index contributed by atoms with van der Waals surface area (Å²) in [4.78, 5) is 4.46. The maximum atomic E-state index is 4.46. The molecule has 0 amide bonds. The fourth-order valence-corrected chi connectivity index (χ4v) is 1.91. The van der Waals surface area contributed by atoms with Gasteiger partial charge in [-0.2, -0.15) is 0 Å². The number of nitrogens with zero attached hydrogens (tertiary/aromatic N) is 1. The Morgan fingerprint density at radius 1 is 1.23 bits per heavy atom. The van der Waals surface area contributed by atoms with E-state index in [0.717, 1.165) is 6.54 Å². The van der Waals surface area contributed by atoms with Crippen LogP contribution in [0.1, 0.15) is 59.3 Å². The highest BCUT2D eigenvalue weighted by molar-refractivity contribution is 5.93. The molecule has 1 heteroatoms. The molecule has 1 aliphatic heterocycles. The molecule has 1 nitrogen and oxygen atoms in total. The van der Waals surface area contributed by atoms with E-state index >= 15 is 0 Å². The summed E-state index contributed by atoms with van der Waals surface area (Å²) in [5, 5.41) is 0. The quantitative estimate of drug-likeness (QED) is 0.552. The van der Waals surface area contributed by atoms with Crippen molar-refractivity contribution in [2.24, 2.45) is 10.4 Å². The Morgan fingerprint density at radius 3 is 2.38 bits per heavy atom. The van der Waals surface area contributed by atoms with Gasteiger partial charge in [0, 0.05) is 24.1 Å². The monoisotopic (exact) mass is 181 g/mol. The lowest BCUT2D eigenvalue weighted by Gasteiger charge is -2.31. The number of aliphatic imine (C=N–C) groups is 1. The molecule has 0 saturated carbocycles. The van der Waals surface area contributed by atoms with Crippen LogP contribution in [0.2, 0.25) is 0 Å². The molecule has 0 bridgehead atoms. The van der Waals surface area contributed by atoms with E-state index in [0.29, 0.717) is 5.41 Å². The largest absolute Gasteiger partial charge is 0.293 e. The Kier molecular flexibility index (Phi) is 3.95. The number of rotatable bonds is 6. The fourth-order valence-electron chi connectivity index (χ4n) is 1.91. The van der Waals surface area contributed by atoms with Gasteiger partial charge in [0.25, 0.3) is 0 Å². The summed E-state index contributed by atoms with van der Waals surface area (Å²) < 4.78 is 0. The Morgan fingerprint density at radius 2 is 1.92 bits per heavy atom. The van der Waals surface area contributed by atoms with E-state index in [1.165, 1.54) is 44.2 Å². The summed E-state index contributed by atoms with van der Waals surface area (Å²) in [6.07, 6.45) is 8.07. The molecule has 0 radical (unpaired) electrons. The van der Waals surface area contributed by atoms with Crippen LogP contribution in [0.4, 0.5) is 0 Å². The SMILES string of the molecule is CCCCCCC(C)(C)C1=NCC1. The molecule has 0 fully saturated rings. The number of hydrogen-bond acceptors (Lipinski definition) is 1. The van der Waals surface area contributed by atoms with Gasteiger partial charge in [-0.05, 0) is 6.42 Å². The lowest BCUT2D eigenvalue weighted by atomic mass is 9.78. The van der Waals surface area contributed by atoms with Crippen molar-refractivity contribution < 1.29 is 0 Å². The molecular formula is C12H23N. The third-order valence-electron chi connectivity index (χ3n) is 3.09. The first-order valence-electron chi connectivity index (χ1n) is 5.70. The topological polar surface area (TPSA) is 12.4 Å². The average molecular weight is 181 g/mol. The second-order valence-electron chi connectivity index (χ2n) is 4.77. The third-order valence-corrected chi connectivity index (χ3v) is 3.09. The highest BCUT2D eigenvalue weighted by atomic mass is 14.8. The molecule has 0 aromatic heterocycles. The summed E-state index contributed by atoms with van der Waals surface area (Å²) in [5.74, 6) is 0. The zero-order chi connectivity index (χ0) is 9.73. The molecule has 0 aromatic carbocycles. The van der Waals surface area contributed by atoms with Crippen molar-refractivity contribution in [2.75, 3.05) is 6.54 Å². The van der Waals surface area contributed by atoms with Crippen LogP contribution in [0.3, 0.4) is 0 Å². The van der Waals surface area contributed by atoms with Gasteiger partial charge in [-0.3, -0.25) is 4.99 Å². The second kappa shape index (κ2) is 4.78. The molecule has 0 saturated heterocycles. The van der Waals surface area contributed by atoms with Crippen LogP contribution in [-0.2, 0) is 0 Å². The van der Waals surface area contributed by atoms with E-state index in [9.17, 15) is 0 Å². The van der Waals surface area contributed by atoms with Crippen LogP contribution in [-0.4, -0.2) is 12.3 Å². The molecule has 13 heavy (non-hydrogen) atoms. The number of hydrogen-bond donors (Lipinski definition) is 0. The normalized spacial score (nSPS) is 16.7. The highest BCUT2D eigenvalue weighted by Gasteiger charge is 2.27. The molecule has 1 rings (SSSR count). The Labute approximate surface area is 82.6 Å². The third kappa shape index (κ3) is 3.13. The summed E-state index contributed by atoms with van der Waals surface area (Å²) in [6.45, 7) is 8.03. The Bertz CT molecular complexity index is 180. The molecule has 76 valence electrons. The van der Waals surface area contributed by atoms with Gasteiger partial charge >= 0.3 is 0 Å². The van der Waals surface area contributed by atoms with E-state index in [1.54, 1.807) is 0 Å². The lowest BCUT2D eigenvalue weighted by molar-refractivity contribution is 0.426. The van der Waals surface area contributed by atoms with Gasteiger partial charge in [0.1, 0.15) is 0 Å². The van der Waals surface area contributed by atoms with Crippen molar-refractivity contribution in [3.8, 4) is 0 Å². The summed E-state index contributed by atoms with van der Waals surface area (Å²) >= 11 is 0. The summed E-state index contributed by atoms with van der Waals surface area (Å²) in [6, 6.07) is 0. The van der Waals surface area contributed by atoms with Crippen molar-refractivity contribution >= 4 is 5.71 Å². The maximum Gasteiger partial charge on any atom is 0.0441 e. The van der Waals surface area contributed by atoms with Crippen LogP contribution < -0.4 is 0 Å². The van der Waals surface area contributed by atoms with E-state index in [-0.39, 0.29) is 0 Å². The summed E-state index contributed by atoms with van der Waals surface area (Å²) in [5.41, 5.74) is 1.86. The minimum atomic E-state index is 0.395. The zero-order valence-corrected chi connectivity index (χ0v) is 9.40. The number of unbranched alkanes of at least 4 members (excludes halogenated alkanes) is 3. The van der Waals surface area contributed by atoms with Crippen molar-refractivity contribution in [3.63, 3.8) is 0 Å². The van der Waals surface area contributed by atoms with Gasteiger partial charge in [0.15, 0.2) is 0 Å². The second-order valence-corrected chi connectivity index (χ2v) is 4.77. The first kappa shape index (κ1) is 10.7. The molecule has 0 aromatic rings. The fraction of sp³-hybridized carbons (Fsp3) is 0.917. The zero-order valence-electron chi connectivity index (χ0n) is 9.40. The predicted octanol–water partition coefficient (Wildman–Crippen LogP) is 3.83. The van der Waals surface area contributed by atoms with Gasteiger partial charge in [0.05, 0.1) is 0 Å². The van der Waals surface area contributed by atoms with Gasteiger partial charge in [-0.1, -0.05) is 46.5 Å². The first-order chi connectivity index (χ1) is 6.17. The minimum Gasteiger partial charge on any atom is -0.293 e. The van der Waals surface area contributed by atoms with Crippen molar-refractivity contribution in [2.45, 2.75) is 59.3 Å². The van der Waals surface area contributed by atoms with Gasteiger partial charge < -0.3 is 0 Å². The Balaban J connectivity index is 2.18. The first-order valence-corrected chi connectivity index (χ1v) is 5.70. The van der Waals surface area contributed by atoms with Gasteiger partial charge in [-0.15, -0.1) is 0 Å². The van der Waals surface area contributed by atoms with E-state index in [1.807, 2.05) is 0 Å². The highest BCUT2D eigenvalue weighted by Crippen LogP contribution is 2.30. The molecule has 1 aliphatic rings. The van der Waals surface area contributed by atoms with Crippen LogP contribution in [0, 0.1) is 5.41 Å². The lowest BCUT2D eigenvalue weighted by Crippen LogP contribution is -2.30. The predicted molar refractivity (Wildman–Crippen MR) is 59.5 cm³/mol. The molecule has 0 spiro atoms. The van der Waals surface area contributed by atoms with Gasteiger partial charge in [0.2, 0.25) is 0 Å². The standard InChI is InChI=1S/C12H23N/c1-4-5-6-7-9-12(2,3)11-8-10-13-11/h4-10H2,1-3H3. The molecule has 0 N–H and O–H groups in total. The Hall–Kier alpha value is -0.330. The minimum absolute atomic E-state index is 0.395. The maximum absolute atomic E-state index is 4.46. The molecule has 0 unspecified atom stereocenters.